The first-order chi connectivity index (χ1) is 11.9. The highest BCUT2D eigenvalue weighted by Gasteiger charge is 2.34. The van der Waals surface area contributed by atoms with Crippen LogP contribution in [0, 0.1) is 13.8 Å². The minimum absolute atomic E-state index is 0.106. The second-order valence-corrected chi connectivity index (χ2v) is 7.77. The van der Waals surface area contributed by atoms with Crippen molar-refractivity contribution in [2.24, 2.45) is 0 Å². The van der Waals surface area contributed by atoms with Crippen molar-refractivity contribution in [3.63, 3.8) is 0 Å². The summed E-state index contributed by atoms with van der Waals surface area (Å²) >= 11 is 0. The Morgan fingerprint density at radius 3 is 2.56 bits per heavy atom. The van der Waals surface area contributed by atoms with Crippen LogP contribution in [-0.2, 0) is 10.0 Å². The Morgan fingerprint density at radius 2 is 2.00 bits per heavy atom. The molecular weight excluding hydrogens is 346 g/mol. The van der Waals surface area contributed by atoms with E-state index < -0.39 is 10.0 Å². The molecular formula is C15H19N5O4S. The molecule has 134 valence electrons. The number of sulfonamides is 1. The number of carbonyl (C=O) groups is 1. The molecule has 0 aromatic carbocycles. The van der Waals surface area contributed by atoms with Crippen LogP contribution in [-0.4, -0.2) is 52.9 Å². The summed E-state index contributed by atoms with van der Waals surface area (Å²) in [5.41, 5.74) is 0.601. The molecule has 2 aromatic heterocycles. The van der Waals surface area contributed by atoms with Gasteiger partial charge in [-0.25, -0.2) is 13.4 Å². The lowest BCUT2D eigenvalue weighted by molar-refractivity contribution is 0.0918. The second kappa shape index (κ2) is 6.89. The number of nitrogens with zero attached hydrogens (tertiary/aromatic N) is 4. The molecule has 10 heteroatoms. The van der Waals surface area contributed by atoms with Gasteiger partial charge in [-0.15, -0.1) is 0 Å². The molecule has 3 heterocycles. The highest BCUT2D eigenvalue weighted by molar-refractivity contribution is 7.89. The third-order valence-electron chi connectivity index (χ3n) is 4.15. The molecule has 9 nitrogen and oxygen atoms in total. The lowest BCUT2D eigenvalue weighted by Crippen LogP contribution is -2.46. The molecule has 0 saturated carbocycles. The van der Waals surface area contributed by atoms with E-state index in [2.05, 4.69) is 20.4 Å². The monoisotopic (exact) mass is 365 g/mol. The lowest BCUT2D eigenvalue weighted by atomic mass is 10.1. The molecule has 1 amide bonds. The molecule has 1 aliphatic heterocycles. The van der Waals surface area contributed by atoms with E-state index in [9.17, 15) is 13.2 Å². The average molecular weight is 365 g/mol. The first-order valence-corrected chi connectivity index (χ1v) is 9.33. The van der Waals surface area contributed by atoms with Crippen LogP contribution in [0.2, 0.25) is 0 Å². The van der Waals surface area contributed by atoms with E-state index in [1.807, 2.05) is 0 Å². The van der Waals surface area contributed by atoms with Gasteiger partial charge in [-0.2, -0.15) is 4.31 Å². The van der Waals surface area contributed by atoms with Crippen LogP contribution in [0.1, 0.15) is 34.8 Å². The molecule has 0 spiro atoms. The molecule has 0 bridgehead atoms. The molecule has 0 unspecified atom stereocenters. The summed E-state index contributed by atoms with van der Waals surface area (Å²) in [6.45, 7) is 3.83. The van der Waals surface area contributed by atoms with Crippen molar-refractivity contribution in [3.8, 4) is 0 Å². The first kappa shape index (κ1) is 17.5. The van der Waals surface area contributed by atoms with E-state index in [0.29, 0.717) is 31.6 Å². The number of aromatic nitrogens is 3. The van der Waals surface area contributed by atoms with Crippen LogP contribution in [0.25, 0.3) is 0 Å². The molecule has 1 saturated heterocycles. The number of nitrogens with one attached hydrogen (secondary N) is 1. The van der Waals surface area contributed by atoms with Crippen LogP contribution in [0.15, 0.2) is 28.0 Å². The summed E-state index contributed by atoms with van der Waals surface area (Å²) in [5.74, 6) is -0.0179. The standard InChI is InChI=1S/C15H19N5O4S/c1-10-14(11(2)24-19-10)25(22,23)20-7-3-12(4-8-20)18-15(21)13-9-16-5-6-17-13/h5-6,9,12H,3-4,7-8H2,1-2H3,(H,18,21). The third-order valence-corrected chi connectivity index (χ3v) is 6.29. The zero-order valence-corrected chi connectivity index (χ0v) is 14.8. The molecule has 1 fully saturated rings. The van der Waals surface area contributed by atoms with Crippen molar-refractivity contribution in [1.29, 1.82) is 0 Å². The van der Waals surface area contributed by atoms with Gasteiger partial charge in [0.05, 0.1) is 6.20 Å². The quantitative estimate of drug-likeness (QED) is 0.845. The zero-order valence-electron chi connectivity index (χ0n) is 14.0. The largest absolute Gasteiger partial charge is 0.360 e. The van der Waals surface area contributed by atoms with Gasteiger partial charge >= 0.3 is 0 Å². The normalized spacial score (nSPS) is 16.7. The maximum Gasteiger partial charge on any atom is 0.271 e. The highest BCUT2D eigenvalue weighted by atomic mass is 32.2. The van der Waals surface area contributed by atoms with E-state index >= 15 is 0 Å². The smallest absolute Gasteiger partial charge is 0.271 e. The number of carbonyl (C=O) groups excluding carboxylic acids is 1. The fraction of sp³-hybridized carbons (Fsp3) is 0.467. The highest BCUT2D eigenvalue weighted by Crippen LogP contribution is 2.25. The summed E-state index contributed by atoms with van der Waals surface area (Å²) in [7, 11) is -3.64. The van der Waals surface area contributed by atoms with Crippen LogP contribution < -0.4 is 5.32 Å². The Kier molecular flexibility index (Phi) is 4.82. The van der Waals surface area contributed by atoms with Crippen molar-refractivity contribution in [2.45, 2.75) is 37.6 Å². The summed E-state index contributed by atoms with van der Waals surface area (Å²) < 4.78 is 31.9. The fourth-order valence-corrected chi connectivity index (χ4v) is 4.65. The number of piperidine rings is 1. The maximum absolute atomic E-state index is 12.8. The summed E-state index contributed by atoms with van der Waals surface area (Å²) in [6.07, 6.45) is 5.39. The number of rotatable bonds is 4. The van der Waals surface area contributed by atoms with E-state index in [0.717, 1.165) is 0 Å². The van der Waals surface area contributed by atoms with E-state index in [1.165, 1.54) is 22.9 Å². The summed E-state index contributed by atoms with van der Waals surface area (Å²) in [4.78, 5) is 20.1. The predicted octanol–water partition coefficient (Wildman–Crippen LogP) is 0.665. The Balaban J connectivity index is 1.63. The molecule has 1 aliphatic rings. The minimum atomic E-state index is -3.64. The molecule has 0 atom stereocenters. The van der Waals surface area contributed by atoms with Crippen molar-refractivity contribution in [2.75, 3.05) is 13.1 Å². The van der Waals surface area contributed by atoms with Gasteiger partial charge in [0.2, 0.25) is 10.0 Å². The Bertz CT molecular complexity index is 838. The van der Waals surface area contributed by atoms with E-state index in [-0.39, 0.29) is 28.3 Å². The van der Waals surface area contributed by atoms with Gasteiger partial charge in [0.15, 0.2) is 5.76 Å². The molecule has 0 radical (unpaired) electrons. The molecule has 1 N–H and O–H groups in total. The number of hydrogen-bond acceptors (Lipinski definition) is 7. The van der Waals surface area contributed by atoms with Crippen molar-refractivity contribution >= 4 is 15.9 Å². The SMILES string of the molecule is Cc1noc(C)c1S(=O)(=O)N1CCC(NC(=O)c2cnccn2)CC1. The van der Waals surface area contributed by atoms with Gasteiger partial charge in [0.25, 0.3) is 5.91 Å². The van der Waals surface area contributed by atoms with Crippen LogP contribution in [0.5, 0.6) is 0 Å². The minimum Gasteiger partial charge on any atom is -0.360 e. The molecule has 2 aromatic rings. The van der Waals surface area contributed by atoms with Crippen LogP contribution in [0.3, 0.4) is 0 Å². The van der Waals surface area contributed by atoms with E-state index in [4.69, 9.17) is 4.52 Å². The Hall–Kier alpha value is -2.33. The third kappa shape index (κ3) is 3.54. The average Bonchev–Trinajstić information content (AvgIpc) is 2.95. The first-order valence-electron chi connectivity index (χ1n) is 7.89. The van der Waals surface area contributed by atoms with Gasteiger partial charge in [-0.3, -0.25) is 9.78 Å². The number of amides is 1. The van der Waals surface area contributed by atoms with Gasteiger partial charge < -0.3 is 9.84 Å². The van der Waals surface area contributed by atoms with Crippen LogP contribution >= 0.6 is 0 Å². The second-order valence-electron chi connectivity index (χ2n) is 5.90. The summed E-state index contributed by atoms with van der Waals surface area (Å²) in [5, 5.41) is 6.59. The Labute approximate surface area is 145 Å². The number of hydrogen-bond donors (Lipinski definition) is 1. The van der Waals surface area contributed by atoms with Gasteiger partial charge in [0, 0.05) is 31.5 Å². The zero-order chi connectivity index (χ0) is 18.0. The lowest BCUT2D eigenvalue weighted by Gasteiger charge is -2.31. The van der Waals surface area contributed by atoms with E-state index in [1.54, 1.807) is 13.8 Å². The van der Waals surface area contributed by atoms with Crippen molar-refractivity contribution in [3.05, 3.63) is 35.7 Å². The van der Waals surface area contributed by atoms with Crippen molar-refractivity contribution < 1.29 is 17.7 Å². The van der Waals surface area contributed by atoms with Crippen molar-refractivity contribution in [1.82, 2.24) is 24.7 Å². The fourth-order valence-electron chi connectivity index (χ4n) is 2.89. The summed E-state index contributed by atoms with van der Waals surface area (Å²) in [6, 6.07) is -0.106. The molecule has 3 rings (SSSR count). The van der Waals surface area contributed by atoms with Crippen LogP contribution in [0.4, 0.5) is 0 Å². The molecule has 25 heavy (non-hydrogen) atoms. The molecule has 0 aliphatic carbocycles. The topological polar surface area (TPSA) is 118 Å². The van der Waals surface area contributed by atoms with Gasteiger partial charge in [-0.05, 0) is 26.7 Å². The van der Waals surface area contributed by atoms with Gasteiger partial charge in [0.1, 0.15) is 16.3 Å². The maximum atomic E-state index is 12.8. The Morgan fingerprint density at radius 1 is 1.28 bits per heavy atom. The predicted molar refractivity (Wildman–Crippen MR) is 87.3 cm³/mol. The number of aryl methyl sites for hydroxylation is 2. The van der Waals surface area contributed by atoms with Gasteiger partial charge in [-0.1, -0.05) is 5.16 Å².